The van der Waals surface area contributed by atoms with Crippen LogP contribution in [0.25, 0.3) is 11.1 Å². The second-order valence-corrected chi connectivity index (χ2v) is 9.75. The summed E-state index contributed by atoms with van der Waals surface area (Å²) in [5.41, 5.74) is 4.27. The van der Waals surface area contributed by atoms with Crippen molar-refractivity contribution in [1.82, 2.24) is 15.5 Å². The van der Waals surface area contributed by atoms with E-state index < -0.39 is 17.7 Å². The fourth-order valence-electron chi connectivity index (χ4n) is 3.79. The monoisotopic (exact) mass is 510 g/mol. The molecule has 3 aromatic rings. The molecule has 1 aliphatic heterocycles. The molecule has 1 aliphatic rings. The highest BCUT2D eigenvalue weighted by Crippen LogP contribution is 2.30. The van der Waals surface area contributed by atoms with E-state index in [2.05, 4.69) is 15.6 Å². The summed E-state index contributed by atoms with van der Waals surface area (Å²) in [6.45, 7) is 7.81. The second kappa shape index (κ2) is 11.2. The number of aromatic nitrogens is 1. The van der Waals surface area contributed by atoms with Gasteiger partial charge in [-0.2, -0.15) is 4.99 Å². The highest BCUT2D eigenvalue weighted by molar-refractivity contribution is 6.38. The van der Waals surface area contributed by atoms with E-state index in [4.69, 9.17) is 14.1 Å². The molecule has 1 fully saturated rings. The summed E-state index contributed by atoms with van der Waals surface area (Å²) < 4.78 is 25.6. The summed E-state index contributed by atoms with van der Waals surface area (Å²) in [5, 5.41) is 14.5. The molecule has 10 heteroatoms. The highest BCUT2D eigenvalue weighted by atomic mass is 19.1. The van der Waals surface area contributed by atoms with E-state index in [0.29, 0.717) is 23.4 Å². The van der Waals surface area contributed by atoms with Crippen molar-refractivity contribution >= 4 is 17.6 Å². The first-order valence-corrected chi connectivity index (χ1v) is 12.0. The number of aliphatic imine (C=N–C) groups is 1. The predicted octanol–water partition coefficient (Wildman–Crippen LogP) is 4.16. The van der Waals surface area contributed by atoms with Crippen LogP contribution in [0.2, 0.25) is 0 Å². The molecule has 0 radical (unpaired) electrons. The van der Waals surface area contributed by atoms with E-state index in [0.717, 1.165) is 5.56 Å². The number of rotatable bonds is 5. The highest BCUT2D eigenvalue weighted by Gasteiger charge is 2.30. The topological polar surface area (TPSA) is 109 Å². The van der Waals surface area contributed by atoms with Crippen molar-refractivity contribution in [1.29, 1.82) is 0 Å². The predicted molar refractivity (Wildman–Crippen MR) is 135 cm³/mol. The zero-order valence-corrected chi connectivity index (χ0v) is 21.3. The van der Waals surface area contributed by atoms with Crippen LogP contribution < -0.4 is 5.48 Å². The minimum absolute atomic E-state index is 0.0235. The number of ether oxygens (including phenoxy) is 1. The molecule has 37 heavy (non-hydrogen) atoms. The van der Waals surface area contributed by atoms with Gasteiger partial charge in [-0.25, -0.2) is 9.87 Å². The van der Waals surface area contributed by atoms with Gasteiger partial charge in [0, 0.05) is 24.1 Å². The van der Waals surface area contributed by atoms with Gasteiger partial charge < -0.3 is 19.3 Å². The molecular weight excluding hydrogens is 479 g/mol. The number of morpholine rings is 1. The van der Waals surface area contributed by atoms with Crippen molar-refractivity contribution in [2.24, 2.45) is 4.99 Å². The fourth-order valence-corrected chi connectivity index (χ4v) is 3.79. The molecule has 4 rings (SSSR count). The van der Waals surface area contributed by atoms with Crippen LogP contribution in [0.5, 0.6) is 0 Å². The Morgan fingerprint density at radius 1 is 1.24 bits per heavy atom. The summed E-state index contributed by atoms with van der Waals surface area (Å²) in [6.07, 6.45) is -1.07. The van der Waals surface area contributed by atoms with E-state index >= 15 is 0 Å². The maximum atomic E-state index is 14.9. The van der Waals surface area contributed by atoms with Gasteiger partial charge in [-0.1, -0.05) is 54.5 Å². The summed E-state index contributed by atoms with van der Waals surface area (Å²) >= 11 is 0. The minimum atomic E-state index is -1.07. The van der Waals surface area contributed by atoms with Crippen molar-refractivity contribution in [3.63, 3.8) is 0 Å². The number of benzene rings is 2. The van der Waals surface area contributed by atoms with Crippen molar-refractivity contribution in [3.8, 4) is 11.1 Å². The molecule has 0 saturated carbocycles. The zero-order valence-electron chi connectivity index (χ0n) is 21.3. The quantitative estimate of drug-likeness (QED) is 0.301. The third-order valence-electron chi connectivity index (χ3n) is 5.78. The normalized spacial score (nSPS) is 17.5. The molecule has 1 amide bonds. The first kappa shape index (κ1) is 26.5. The molecule has 2 aromatic carbocycles. The number of hydrogen-bond acceptors (Lipinski definition) is 7. The van der Waals surface area contributed by atoms with Crippen LogP contribution in [0.15, 0.2) is 64.1 Å². The lowest BCUT2D eigenvalue weighted by Crippen LogP contribution is -2.54. The average molecular weight is 511 g/mol. The molecule has 0 spiro atoms. The summed E-state index contributed by atoms with van der Waals surface area (Å²) in [5.74, 6) is -1.34. The Balaban J connectivity index is 1.57. The zero-order chi connectivity index (χ0) is 26.6. The molecular formula is C27H31FN4O5. The smallest absolute Gasteiger partial charge is 0.310 e. The van der Waals surface area contributed by atoms with E-state index in [1.165, 1.54) is 11.0 Å². The number of carbonyl (C=O) groups is 1. The first-order valence-electron chi connectivity index (χ1n) is 12.0. The van der Waals surface area contributed by atoms with Crippen LogP contribution in [-0.2, 0) is 14.4 Å². The Morgan fingerprint density at radius 3 is 2.68 bits per heavy atom. The third kappa shape index (κ3) is 6.59. The van der Waals surface area contributed by atoms with Gasteiger partial charge in [-0.15, -0.1) is 0 Å². The SMILES string of the molecule is CC(c1ccc(-c2ccccc2)c(F)c1)c1cc(N=C(C(=O)NOC(C)(C)C)N2CCOCC2O)on1. The van der Waals surface area contributed by atoms with Crippen LogP contribution in [-0.4, -0.2) is 58.5 Å². The van der Waals surface area contributed by atoms with Crippen LogP contribution >= 0.6 is 0 Å². The number of nitrogens with zero attached hydrogens (tertiary/aromatic N) is 3. The Labute approximate surface area is 214 Å². The van der Waals surface area contributed by atoms with Crippen LogP contribution in [0, 0.1) is 5.82 Å². The largest absolute Gasteiger partial charge is 0.375 e. The van der Waals surface area contributed by atoms with Gasteiger partial charge in [0.1, 0.15) is 5.82 Å². The molecule has 2 heterocycles. The molecule has 9 nitrogen and oxygen atoms in total. The molecule has 2 atom stereocenters. The van der Waals surface area contributed by atoms with Gasteiger partial charge in [0.25, 0.3) is 5.88 Å². The van der Waals surface area contributed by atoms with Crippen molar-refractivity contribution in [2.45, 2.75) is 45.4 Å². The molecule has 2 unspecified atom stereocenters. The van der Waals surface area contributed by atoms with Gasteiger partial charge in [0.15, 0.2) is 6.23 Å². The van der Waals surface area contributed by atoms with E-state index in [9.17, 15) is 14.3 Å². The summed E-state index contributed by atoms with van der Waals surface area (Å²) in [4.78, 5) is 24.1. The number of halogens is 1. The number of aliphatic hydroxyl groups excluding tert-OH is 1. The maximum Gasteiger partial charge on any atom is 0.310 e. The average Bonchev–Trinajstić information content (AvgIpc) is 3.34. The minimum Gasteiger partial charge on any atom is -0.375 e. The second-order valence-electron chi connectivity index (χ2n) is 9.75. The molecule has 2 N–H and O–H groups in total. The Morgan fingerprint density at radius 2 is 2.00 bits per heavy atom. The van der Waals surface area contributed by atoms with E-state index in [1.54, 1.807) is 32.9 Å². The number of nitrogens with one attached hydrogen (secondary N) is 1. The number of amides is 1. The third-order valence-corrected chi connectivity index (χ3v) is 5.78. The Bertz CT molecular complexity index is 1260. The molecule has 1 aromatic heterocycles. The van der Waals surface area contributed by atoms with Crippen molar-refractivity contribution in [2.75, 3.05) is 19.8 Å². The van der Waals surface area contributed by atoms with Crippen LogP contribution in [0.4, 0.5) is 10.3 Å². The van der Waals surface area contributed by atoms with Crippen molar-refractivity contribution < 1.29 is 28.4 Å². The van der Waals surface area contributed by atoms with Crippen molar-refractivity contribution in [3.05, 3.63) is 71.7 Å². The first-order chi connectivity index (χ1) is 17.6. The van der Waals surface area contributed by atoms with Gasteiger partial charge in [-0.3, -0.25) is 9.63 Å². The van der Waals surface area contributed by atoms with E-state index in [1.807, 2.05) is 43.3 Å². The van der Waals surface area contributed by atoms with Gasteiger partial charge in [0.05, 0.1) is 24.5 Å². The van der Waals surface area contributed by atoms with Gasteiger partial charge in [0.2, 0.25) is 5.84 Å². The summed E-state index contributed by atoms with van der Waals surface area (Å²) in [6, 6.07) is 16.0. The molecule has 1 saturated heterocycles. The number of carbonyl (C=O) groups excluding carboxylic acids is 1. The standard InChI is InChI=1S/C27H31FN4O5/c1-17(19-10-11-20(21(28)14-19)18-8-6-5-7-9-18)22-15-23(36-30-22)29-25(26(34)31-37-27(2,3)4)32-12-13-35-16-24(32)33/h5-11,14-15,17,24,33H,12-13,16H2,1-4H3,(H,31,34). The van der Waals surface area contributed by atoms with Crippen LogP contribution in [0.3, 0.4) is 0 Å². The molecule has 196 valence electrons. The molecule has 0 aliphatic carbocycles. The number of amidine groups is 1. The summed E-state index contributed by atoms with van der Waals surface area (Å²) in [7, 11) is 0. The number of hydrogen-bond donors (Lipinski definition) is 2. The lowest BCUT2D eigenvalue weighted by molar-refractivity contribution is -0.141. The lowest BCUT2D eigenvalue weighted by atomic mass is 9.95. The maximum absolute atomic E-state index is 14.9. The lowest BCUT2D eigenvalue weighted by Gasteiger charge is -2.33. The van der Waals surface area contributed by atoms with Gasteiger partial charge >= 0.3 is 5.91 Å². The Kier molecular flexibility index (Phi) is 8.01. The molecule has 0 bridgehead atoms. The van der Waals surface area contributed by atoms with Crippen LogP contribution in [0.1, 0.15) is 44.9 Å². The number of hydroxylamine groups is 1. The van der Waals surface area contributed by atoms with E-state index in [-0.39, 0.29) is 36.6 Å². The fraction of sp³-hybridized carbons (Fsp3) is 0.370. The Hall–Kier alpha value is -3.60. The van der Waals surface area contributed by atoms with Gasteiger partial charge in [-0.05, 0) is 38.0 Å². The number of aliphatic hydroxyl groups is 1.